The number of carbonyl (C=O) groups excluding carboxylic acids is 1. The third-order valence-electron chi connectivity index (χ3n) is 4.27. The monoisotopic (exact) mass is 374 g/mol. The number of ether oxygens (including phenoxy) is 2. The van der Waals surface area contributed by atoms with Crippen LogP contribution >= 0.6 is 0 Å². The molecule has 1 heterocycles. The Morgan fingerprint density at radius 1 is 1.23 bits per heavy atom. The van der Waals surface area contributed by atoms with Crippen molar-refractivity contribution in [1.29, 1.82) is 0 Å². The lowest BCUT2D eigenvalue weighted by Gasteiger charge is -2.15. The van der Waals surface area contributed by atoms with Crippen LogP contribution in [0.3, 0.4) is 0 Å². The zero-order valence-electron chi connectivity index (χ0n) is 14.4. The van der Waals surface area contributed by atoms with Gasteiger partial charge in [-0.2, -0.15) is 8.42 Å². The summed E-state index contributed by atoms with van der Waals surface area (Å²) in [6.45, 7) is 5.48. The van der Waals surface area contributed by atoms with Crippen LogP contribution in [0.1, 0.15) is 34.0 Å². The molecule has 0 aromatic heterocycles. The van der Waals surface area contributed by atoms with Gasteiger partial charge in [0, 0.05) is 23.1 Å². The van der Waals surface area contributed by atoms with Gasteiger partial charge in [0.25, 0.3) is 10.1 Å². The standard InChI is InChI=1S/C19H18O6S/c1-4-5-16-13-9-12(17(24-3)10-15(13)19(20)25-16)14-8-11(2)6-7-18(14)26(21,22)23/h4,6-10,16H,1,5H2,2-3H3,(H,21,22,23). The second kappa shape index (κ2) is 6.59. The summed E-state index contributed by atoms with van der Waals surface area (Å²) in [5.74, 6) is -0.147. The molecular weight excluding hydrogens is 356 g/mol. The predicted molar refractivity (Wildman–Crippen MR) is 96.0 cm³/mol. The highest BCUT2D eigenvalue weighted by atomic mass is 32.2. The molecule has 2 aromatic rings. The van der Waals surface area contributed by atoms with Crippen LogP contribution in [0.15, 0.2) is 47.9 Å². The van der Waals surface area contributed by atoms with Gasteiger partial charge in [0.1, 0.15) is 16.7 Å². The Bertz CT molecular complexity index is 1010. The van der Waals surface area contributed by atoms with Crippen molar-refractivity contribution >= 4 is 16.1 Å². The van der Waals surface area contributed by atoms with Crippen molar-refractivity contribution in [2.75, 3.05) is 7.11 Å². The first-order chi connectivity index (χ1) is 12.3. The number of hydrogen-bond donors (Lipinski definition) is 1. The van der Waals surface area contributed by atoms with E-state index in [4.69, 9.17) is 9.47 Å². The minimum atomic E-state index is -4.44. The summed E-state index contributed by atoms with van der Waals surface area (Å²) in [5, 5.41) is 0. The van der Waals surface area contributed by atoms with Crippen LogP contribution in [0.2, 0.25) is 0 Å². The molecule has 3 rings (SSSR count). The summed E-state index contributed by atoms with van der Waals surface area (Å²) in [6, 6.07) is 7.80. The van der Waals surface area contributed by atoms with Crippen LogP contribution < -0.4 is 4.74 Å². The molecule has 1 unspecified atom stereocenters. The number of fused-ring (bicyclic) bond motifs is 1. The first-order valence-corrected chi connectivity index (χ1v) is 9.32. The highest BCUT2D eigenvalue weighted by molar-refractivity contribution is 7.86. The van der Waals surface area contributed by atoms with E-state index in [2.05, 4.69) is 6.58 Å². The van der Waals surface area contributed by atoms with Gasteiger partial charge in [-0.05, 0) is 31.2 Å². The number of methoxy groups -OCH3 is 1. The van der Waals surface area contributed by atoms with Gasteiger partial charge in [-0.25, -0.2) is 4.79 Å². The Morgan fingerprint density at radius 2 is 1.96 bits per heavy atom. The Hall–Kier alpha value is -2.64. The van der Waals surface area contributed by atoms with Crippen LogP contribution in [0.5, 0.6) is 5.75 Å². The van der Waals surface area contributed by atoms with Gasteiger partial charge in [-0.1, -0.05) is 17.7 Å². The molecule has 0 saturated heterocycles. The largest absolute Gasteiger partial charge is 0.496 e. The van der Waals surface area contributed by atoms with Crippen LogP contribution in [0, 0.1) is 6.92 Å². The summed E-state index contributed by atoms with van der Waals surface area (Å²) < 4.78 is 43.9. The molecule has 2 aromatic carbocycles. The predicted octanol–water partition coefficient (Wildman–Crippen LogP) is 3.70. The van der Waals surface area contributed by atoms with E-state index < -0.39 is 22.2 Å². The fraction of sp³-hybridized carbons (Fsp3) is 0.211. The fourth-order valence-corrected chi connectivity index (χ4v) is 3.77. The molecule has 0 saturated carbocycles. The molecular formula is C19H18O6S. The van der Waals surface area contributed by atoms with Crippen molar-refractivity contribution in [2.24, 2.45) is 0 Å². The van der Waals surface area contributed by atoms with Crippen LogP contribution in [-0.4, -0.2) is 26.0 Å². The van der Waals surface area contributed by atoms with Crippen molar-refractivity contribution < 1.29 is 27.2 Å². The number of hydrogen-bond acceptors (Lipinski definition) is 5. The molecule has 7 heteroatoms. The third-order valence-corrected chi connectivity index (χ3v) is 5.18. The highest BCUT2D eigenvalue weighted by Gasteiger charge is 2.32. The number of cyclic esters (lactones) is 1. The Labute approximate surface area is 151 Å². The minimum absolute atomic E-state index is 0.230. The SMILES string of the molecule is C=CCC1OC(=O)c2cc(OC)c(-c3cc(C)ccc3S(=O)(=O)O)cc21. The Morgan fingerprint density at radius 3 is 2.58 bits per heavy atom. The summed E-state index contributed by atoms with van der Waals surface area (Å²) >= 11 is 0. The molecule has 136 valence electrons. The van der Waals surface area contributed by atoms with Crippen LogP contribution in [0.4, 0.5) is 0 Å². The maximum atomic E-state index is 12.1. The van der Waals surface area contributed by atoms with Gasteiger partial charge in [0.05, 0.1) is 12.7 Å². The Kier molecular flexibility index (Phi) is 4.60. The second-order valence-corrected chi connectivity index (χ2v) is 7.42. The lowest BCUT2D eigenvalue weighted by atomic mass is 9.95. The smallest absolute Gasteiger partial charge is 0.339 e. The van der Waals surface area contributed by atoms with Gasteiger partial charge in [-0.15, -0.1) is 6.58 Å². The van der Waals surface area contributed by atoms with Crippen molar-refractivity contribution in [3.8, 4) is 16.9 Å². The van der Waals surface area contributed by atoms with Gasteiger partial charge in [-0.3, -0.25) is 4.55 Å². The van der Waals surface area contributed by atoms with E-state index in [0.29, 0.717) is 34.4 Å². The first-order valence-electron chi connectivity index (χ1n) is 7.88. The number of rotatable bonds is 5. The van der Waals surface area contributed by atoms with Crippen molar-refractivity contribution in [3.63, 3.8) is 0 Å². The van der Waals surface area contributed by atoms with E-state index in [9.17, 15) is 17.8 Å². The third kappa shape index (κ3) is 3.11. The maximum Gasteiger partial charge on any atom is 0.339 e. The molecule has 0 fully saturated rings. The normalized spacial score (nSPS) is 16.1. The van der Waals surface area contributed by atoms with E-state index in [-0.39, 0.29) is 4.90 Å². The number of benzene rings is 2. The number of esters is 1. The van der Waals surface area contributed by atoms with E-state index in [1.807, 2.05) is 6.92 Å². The lowest BCUT2D eigenvalue weighted by Crippen LogP contribution is -2.03. The molecule has 6 nitrogen and oxygen atoms in total. The molecule has 0 aliphatic carbocycles. The lowest BCUT2D eigenvalue weighted by molar-refractivity contribution is 0.0392. The zero-order chi connectivity index (χ0) is 19.1. The fourth-order valence-electron chi connectivity index (χ4n) is 3.08. The van der Waals surface area contributed by atoms with Crippen molar-refractivity contribution in [2.45, 2.75) is 24.3 Å². The minimum Gasteiger partial charge on any atom is -0.496 e. The quantitative estimate of drug-likeness (QED) is 0.487. The number of aryl methyl sites for hydroxylation is 1. The molecule has 0 amide bonds. The van der Waals surface area contributed by atoms with E-state index in [1.54, 1.807) is 24.3 Å². The van der Waals surface area contributed by atoms with Crippen LogP contribution in [-0.2, 0) is 14.9 Å². The Balaban J connectivity index is 2.30. The molecule has 26 heavy (non-hydrogen) atoms. The molecule has 0 radical (unpaired) electrons. The first kappa shape index (κ1) is 18.2. The summed E-state index contributed by atoms with van der Waals surface area (Å²) in [6.07, 6.45) is 1.59. The molecule has 1 atom stereocenters. The molecule has 1 N–H and O–H groups in total. The maximum absolute atomic E-state index is 12.1. The second-order valence-electron chi connectivity index (χ2n) is 6.03. The van der Waals surface area contributed by atoms with Gasteiger partial charge in [0.15, 0.2) is 0 Å². The summed E-state index contributed by atoms with van der Waals surface area (Å²) in [7, 11) is -3.02. The molecule has 1 aliphatic rings. The molecule has 0 spiro atoms. The molecule has 0 bridgehead atoms. The van der Waals surface area contributed by atoms with Gasteiger partial charge >= 0.3 is 5.97 Å². The topological polar surface area (TPSA) is 89.9 Å². The molecule has 1 aliphatic heterocycles. The van der Waals surface area contributed by atoms with E-state index in [1.165, 1.54) is 19.2 Å². The average Bonchev–Trinajstić information content (AvgIpc) is 2.88. The van der Waals surface area contributed by atoms with Gasteiger partial charge in [0.2, 0.25) is 0 Å². The van der Waals surface area contributed by atoms with Crippen LogP contribution in [0.25, 0.3) is 11.1 Å². The summed E-state index contributed by atoms with van der Waals surface area (Å²) in [4.78, 5) is 11.9. The average molecular weight is 374 g/mol. The highest BCUT2D eigenvalue weighted by Crippen LogP contribution is 2.42. The van der Waals surface area contributed by atoms with Crippen molar-refractivity contribution in [1.82, 2.24) is 0 Å². The number of carbonyl (C=O) groups is 1. The zero-order valence-corrected chi connectivity index (χ0v) is 15.2. The summed E-state index contributed by atoms with van der Waals surface area (Å²) in [5.41, 5.74) is 2.57. The van der Waals surface area contributed by atoms with E-state index >= 15 is 0 Å². The van der Waals surface area contributed by atoms with E-state index in [0.717, 1.165) is 5.56 Å². The van der Waals surface area contributed by atoms with Gasteiger partial charge < -0.3 is 9.47 Å². The van der Waals surface area contributed by atoms with Crippen molar-refractivity contribution in [3.05, 3.63) is 59.7 Å².